The Kier molecular flexibility index (Phi) is 4.22. The van der Waals surface area contributed by atoms with Crippen molar-refractivity contribution in [2.45, 2.75) is 38.5 Å². The highest BCUT2D eigenvalue weighted by atomic mass is 14.8. The van der Waals surface area contributed by atoms with Crippen molar-refractivity contribution >= 4 is 0 Å². The molecule has 2 bridgehead atoms. The van der Waals surface area contributed by atoms with E-state index in [0.29, 0.717) is 0 Å². The van der Waals surface area contributed by atoms with Crippen molar-refractivity contribution in [1.82, 2.24) is 5.32 Å². The first-order valence-electron chi connectivity index (χ1n) is 6.24. The fraction of sp³-hybridized carbons (Fsp3) is 0.571. The van der Waals surface area contributed by atoms with Gasteiger partial charge in [-0.2, -0.15) is 0 Å². The Hall–Kier alpha value is -0.820. The van der Waals surface area contributed by atoms with Crippen LogP contribution < -0.4 is 5.32 Å². The first kappa shape index (κ1) is 10.7. The van der Waals surface area contributed by atoms with Crippen LogP contribution in [-0.2, 0) is 12.8 Å². The lowest BCUT2D eigenvalue weighted by Crippen LogP contribution is -2.17. The van der Waals surface area contributed by atoms with Gasteiger partial charge in [0, 0.05) is 0 Å². The Morgan fingerprint density at radius 2 is 1.27 bits per heavy atom. The van der Waals surface area contributed by atoms with Gasteiger partial charge in [0.05, 0.1) is 0 Å². The van der Waals surface area contributed by atoms with Gasteiger partial charge in [-0.05, 0) is 56.3 Å². The quantitative estimate of drug-likeness (QED) is 0.683. The number of fused-ring (bicyclic) bond motifs is 10. The minimum Gasteiger partial charge on any atom is -0.317 e. The van der Waals surface area contributed by atoms with E-state index in [0.717, 1.165) is 0 Å². The second kappa shape index (κ2) is 5.92. The Balaban J connectivity index is 1.97. The first-order valence-corrected chi connectivity index (χ1v) is 6.24. The van der Waals surface area contributed by atoms with Gasteiger partial charge in [0.1, 0.15) is 0 Å². The van der Waals surface area contributed by atoms with E-state index in [1.807, 2.05) is 0 Å². The summed E-state index contributed by atoms with van der Waals surface area (Å²) in [6.07, 6.45) is 7.75. The number of hydrogen-bond donors (Lipinski definition) is 1. The second-order valence-electron chi connectivity index (χ2n) is 4.48. The maximum Gasteiger partial charge on any atom is -0.00457 e. The third-order valence-corrected chi connectivity index (χ3v) is 3.16. The number of aryl methyl sites for hydroxylation is 2. The lowest BCUT2D eigenvalue weighted by Gasteiger charge is -2.03. The zero-order chi connectivity index (χ0) is 10.3. The molecule has 1 aromatic rings. The normalized spacial score (nSPS) is 18.9. The van der Waals surface area contributed by atoms with Crippen LogP contribution in [0, 0.1) is 0 Å². The van der Waals surface area contributed by atoms with Crippen LogP contribution in [0.5, 0.6) is 0 Å². The molecule has 0 saturated heterocycles. The van der Waals surface area contributed by atoms with E-state index in [2.05, 4.69) is 29.6 Å². The van der Waals surface area contributed by atoms with Gasteiger partial charge < -0.3 is 5.32 Å². The Morgan fingerprint density at radius 1 is 0.667 bits per heavy atom. The van der Waals surface area contributed by atoms with Crippen molar-refractivity contribution in [3.05, 3.63) is 35.4 Å². The second-order valence-corrected chi connectivity index (χ2v) is 4.48. The third-order valence-electron chi connectivity index (χ3n) is 3.16. The van der Waals surface area contributed by atoms with E-state index in [4.69, 9.17) is 0 Å². The van der Waals surface area contributed by atoms with Crippen molar-refractivity contribution in [2.75, 3.05) is 13.1 Å². The summed E-state index contributed by atoms with van der Waals surface area (Å²) in [6.45, 7) is 2.37. The molecule has 0 spiro atoms. The minimum absolute atomic E-state index is 1.17. The summed E-state index contributed by atoms with van der Waals surface area (Å²) in [5.74, 6) is 0. The number of nitrogens with one attached hydrogen (secondary N) is 1. The highest BCUT2D eigenvalue weighted by molar-refractivity contribution is 5.22. The van der Waals surface area contributed by atoms with Crippen LogP contribution >= 0.6 is 0 Å². The van der Waals surface area contributed by atoms with Crippen LogP contribution in [0.15, 0.2) is 24.3 Å². The van der Waals surface area contributed by atoms with Gasteiger partial charge in [-0.3, -0.25) is 0 Å². The van der Waals surface area contributed by atoms with Crippen molar-refractivity contribution in [1.29, 1.82) is 0 Å². The molecule has 1 heteroatoms. The largest absolute Gasteiger partial charge is 0.317 e. The minimum atomic E-state index is 1.17. The van der Waals surface area contributed by atoms with Crippen molar-refractivity contribution in [3.63, 3.8) is 0 Å². The first-order chi connectivity index (χ1) is 7.45. The van der Waals surface area contributed by atoms with E-state index < -0.39 is 0 Å². The van der Waals surface area contributed by atoms with Crippen LogP contribution in [0.1, 0.15) is 36.8 Å². The monoisotopic (exact) mass is 203 g/mol. The molecule has 0 fully saturated rings. The molecule has 0 unspecified atom stereocenters. The molecular formula is C14H21N. The summed E-state index contributed by atoms with van der Waals surface area (Å²) < 4.78 is 0. The van der Waals surface area contributed by atoms with Crippen LogP contribution in [0.3, 0.4) is 0 Å². The summed E-state index contributed by atoms with van der Waals surface area (Å²) in [7, 11) is 0. The molecule has 3 rings (SSSR count). The Labute approximate surface area is 92.9 Å². The predicted octanol–water partition coefficient (Wildman–Crippen LogP) is 2.94. The molecule has 0 aliphatic carbocycles. The SMILES string of the molecule is c1cc2ccc1CCCCCNCCC2. The topological polar surface area (TPSA) is 12.0 Å². The van der Waals surface area contributed by atoms with Crippen molar-refractivity contribution in [3.8, 4) is 0 Å². The van der Waals surface area contributed by atoms with Crippen LogP contribution in [-0.4, -0.2) is 13.1 Å². The van der Waals surface area contributed by atoms with Crippen LogP contribution in [0.2, 0.25) is 0 Å². The molecule has 0 radical (unpaired) electrons. The van der Waals surface area contributed by atoms with Crippen molar-refractivity contribution < 1.29 is 0 Å². The zero-order valence-corrected chi connectivity index (χ0v) is 9.47. The highest BCUT2D eigenvalue weighted by Crippen LogP contribution is 2.10. The summed E-state index contributed by atoms with van der Waals surface area (Å²) in [6, 6.07) is 9.21. The van der Waals surface area contributed by atoms with E-state index in [1.54, 1.807) is 0 Å². The summed E-state index contributed by atoms with van der Waals surface area (Å²) in [4.78, 5) is 0. The van der Waals surface area contributed by atoms with E-state index >= 15 is 0 Å². The molecule has 0 amide bonds. The molecule has 2 aliphatic rings. The maximum atomic E-state index is 3.51. The zero-order valence-electron chi connectivity index (χ0n) is 9.47. The fourth-order valence-corrected chi connectivity index (χ4v) is 2.17. The molecule has 82 valence electrons. The smallest absolute Gasteiger partial charge is 0.00457 e. The van der Waals surface area contributed by atoms with Gasteiger partial charge in [0.2, 0.25) is 0 Å². The van der Waals surface area contributed by atoms with E-state index in [1.165, 1.54) is 62.7 Å². The highest BCUT2D eigenvalue weighted by Gasteiger charge is 1.98. The molecule has 0 aromatic heterocycles. The third kappa shape index (κ3) is 3.67. The average molecular weight is 203 g/mol. The molecule has 1 nitrogen and oxygen atoms in total. The van der Waals surface area contributed by atoms with Crippen LogP contribution in [0.4, 0.5) is 0 Å². The lowest BCUT2D eigenvalue weighted by molar-refractivity contribution is 0.591. The molecular weight excluding hydrogens is 182 g/mol. The predicted molar refractivity (Wildman–Crippen MR) is 65.2 cm³/mol. The summed E-state index contributed by atoms with van der Waals surface area (Å²) in [5, 5.41) is 3.51. The standard InChI is InChI=1S/C14H21N/c1-2-5-13-7-9-14(10-8-13)6-4-12-15-11-3-1/h7-10,15H,1-6,11-12H2. The van der Waals surface area contributed by atoms with Gasteiger partial charge in [0.25, 0.3) is 0 Å². The molecule has 0 saturated carbocycles. The van der Waals surface area contributed by atoms with E-state index in [9.17, 15) is 0 Å². The molecule has 1 aromatic carbocycles. The molecule has 15 heavy (non-hydrogen) atoms. The van der Waals surface area contributed by atoms with E-state index in [-0.39, 0.29) is 0 Å². The summed E-state index contributed by atoms with van der Waals surface area (Å²) >= 11 is 0. The Morgan fingerprint density at radius 3 is 2.00 bits per heavy atom. The average Bonchev–Trinajstić information content (AvgIpc) is 2.31. The van der Waals surface area contributed by atoms with Crippen LogP contribution in [0.25, 0.3) is 0 Å². The molecule has 2 heterocycles. The number of hydrogen-bond acceptors (Lipinski definition) is 1. The maximum absolute atomic E-state index is 3.51. The van der Waals surface area contributed by atoms with Gasteiger partial charge in [-0.1, -0.05) is 30.7 Å². The molecule has 2 aliphatic heterocycles. The summed E-state index contributed by atoms with van der Waals surface area (Å²) in [5.41, 5.74) is 2.99. The molecule has 0 atom stereocenters. The van der Waals surface area contributed by atoms with Gasteiger partial charge in [0.15, 0.2) is 0 Å². The lowest BCUT2D eigenvalue weighted by atomic mass is 10.0. The van der Waals surface area contributed by atoms with Gasteiger partial charge in [-0.25, -0.2) is 0 Å². The molecule has 1 N–H and O–H groups in total. The van der Waals surface area contributed by atoms with Gasteiger partial charge >= 0.3 is 0 Å². The Bertz CT molecular complexity index is 247. The van der Waals surface area contributed by atoms with Crippen molar-refractivity contribution in [2.24, 2.45) is 0 Å². The number of rotatable bonds is 0. The number of benzene rings is 1. The van der Waals surface area contributed by atoms with Gasteiger partial charge in [-0.15, -0.1) is 0 Å². The fourth-order valence-electron chi connectivity index (χ4n) is 2.17.